The van der Waals surface area contributed by atoms with E-state index in [4.69, 9.17) is 9.92 Å². The number of hydrogen-bond donors (Lipinski definition) is 2. The van der Waals surface area contributed by atoms with Crippen molar-refractivity contribution in [2.45, 2.75) is 26.5 Å². The zero-order chi connectivity index (χ0) is 24.6. The van der Waals surface area contributed by atoms with Gasteiger partial charge in [-0.2, -0.15) is 13.5 Å². The van der Waals surface area contributed by atoms with Crippen LogP contribution in [0.25, 0.3) is 0 Å². The van der Waals surface area contributed by atoms with Crippen molar-refractivity contribution in [1.82, 2.24) is 14.8 Å². The summed E-state index contributed by atoms with van der Waals surface area (Å²) < 4.78 is 29.3. The number of benzene rings is 1. The Morgan fingerprint density at radius 1 is 1.32 bits per heavy atom. The van der Waals surface area contributed by atoms with E-state index in [0.29, 0.717) is 17.8 Å². The average molecular weight is 485 g/mol. The lowest BCUT2D eigenvalue weighted by Gasteiger charge is -2.32. The second-order valence-electron chi connectivity index (χ2n) is 8.08. The molecule has 0 bridgehead atoms. The highest BCUT2D eigenvalue weighted by molar-refractivity contribution is 7.85. The van der Waals surface area contributed by atoms with Gasteiger partial charge in [0.2, 0.25) is 0 Å². The highest BCUT2D eigenvalue weighted by Gasteiger charge is 2.34. The maximum absolute atomic E-state index is 13.5. The summed E-state index contributed by atoms with van der Waals surface area (Å²) in [7, 11) is -3.62. The van der Waals surface area contributed by atoms with E-state index in [1.54, 1.807) is 33.8 Å². The highest BCUT2D eigenvalue weighted by atomic mass is 32.2. The first kappa shape index (κ1) is 23.4. The van der Waals surface area contributed by atoms with E-state index in [2.05, 4.69) is 15.4 Å². The van der Waals surface area contributed by atoms with Gasteiger partial charge in [-0.1, -0.05) is 6.07 Å². The van der Waals surface area contributed by atoms with Crippen LogP contribution in [0, 0.1) is 6.92 Å². The molecule has 1 aliphatic heterocycles. The molecule has 12 heteroatoms. The van der Waals surface area contributed by atoms with Crippen LogP contribution in [0.5, 0.6) is 0 Å². The Labute approximate surface area is 196 Å². The van der Waals surface area contributed by atoms with Gasteiger partial charge in [-0.25, -0.2) is 4.98 Å². The maximum atomic E-state index is 13.5. The Morgan fingerprint density at radius 2 is 2.09 bits per heavy atom. The first-order valence-corrected chi connectivity index (χ1v) is 12.2. The van der Waals surface area contributed by atoms with E-state index < -0.39 is 16.0 Å². The first-order valence-electron chi connectivity index (χ1n) is 10.4. The minimum atomic E-state index is -3.62. The fourth-order valence-corrected chi connectivity index (χ4v) is 4.07. The summed E-state index contributed by atoms with van der Waals surface area (Å²) >= 11 is 0. The molecule has 0 radical (unpaired) electrons. The van der Waals surface area contributed by atoms with Crippen molar-refractivity contribution in [3.8, 4) is 0 Å². The summed E-state index contributed by atoms with van der Waals surface area (Å²) in [6, 6.07) is 8.26. The molecule has 3 N–H and O–H groups in total. The van der Waals surface area contributed by atoms with Gasteiger partial charge in [0.25, 0.3) is 21.9 Å². The van der Waals surface area contributed by atoms with Crippen molar-refractivity contribution in [3.63, 3.8) is 0 Å². The number of nitrogens with one attached hydrogen (secondary N) is 1. The largest absolute Gasteiger partial charge is 0.383 e. The zero-order valence-electron chi connectivity index (χ0n) is 18.8. The molecule has 3 aromatic rings. The van der Waals surface area contributed by atoms with E-state index in [1.807, 2.05) is 13.8 Å². The normalized spacial score (nSPS) is 15.8. The Kier molecular flexibility index (Phi) is 6.11. The van der Waals surface area contributed by atoms with Crippen molar-refractivity contribution >= 4 is 39.1 Å². The van der Waals surface area contributed by atoms with Crippen LogP contribution >= 0.6 is 0 Å². The van der Waals surface area contributed by atoms with E-state index in [1.165, 1.54) is 18.5 Å². The van der Waals surface area contributed by atoms with Crippen LogP contribution in [0.15, 0.2) is 42.7 Å². The monoisotopic (exact) mass is 484 g/mol. The molecule has 1 aromatic carbocycles. The van der Waals surface area contributed by atoms with Crippen LogP contribution in [0.3, 0.4) is 0 Å². The molecule has 2 amide bonds. The number of pyridine rings is 1. The Hall–Kier alpha value is -3.77. The smallest absolute Gasteiger partial charge is 0.278 e. The van der Waals surface area contributed by atoms with Crippen LogP contribution in [-0.4, -0.2) is 47.8 Å². The van der Waals surface area contributed by atoms with Gasteiger partial charge in [0, 0.05) is 18.4 Å². The number of rotatable bonds is 6. The molecular formula is C22H24N6O5S. The number of fused-ring (bicyclic) bond motifs is 1. The van der Waals surface area contributed by atoms with Crippen LogP contribution in [0.2, 0.25) is 0 Å². The quantitative estimate of drug-likeness (QED) is 0.505. The Bertz CT molecular complexity index is 1380. The fraction of sp³-hybridized carbons (Fsp3) is 0.273. The highest BCUT2D eigenvalue weighted by Crippen LogP contribution is 2.31. The summed E-state index contributed by atoms with van der Waals surface area (Å²) in [5.74, 6) is -0.788. The predicted molar refractivity (Wildman–Crippen MR) is 126 cm³/mol. The molecule has 0 fully saturated rings. The summed E-state index contributed by atoms with van der Waals surface area (Å²) in [4.78, 5) is 31.7. The number of carbonyl (C=O) groups excluding carboxylic acids is 2. The summed E-state index contributed by atoms with van der Waals surface area (Å²) in [5, 5.41) is 7.01. The minimum absolute atomic E-state index is 0.0749. The number of hydrogen-bond acceptors (Lipinski definition) is 8. The molecule has 4 rings (SSSR count). The molecule has 178 valence electrons. The van der Waals surface area contributed by atoms with Crippen LogP contribution < -0.4 is 16.0 Å². The van der Waals surface area contributed by atoms with Crippen LogP contribution in [0.1, 0.15) is 44.9 Å². The van der Waals surface area contributed by atoms with Gasteiger partial charge in [0.05, 0.1) is 36.4 Å². The molecule has 0 unspecified atom stereocenters. The Morgan fingerprint density at radius 3 is 2.79 bits per heavy atom. The Balaban J connectivity index is 1.64. The van der Waals surface area contributed by atoms with Crippen molar-refractivity contribution in [2.75, 3.05) is 28.8 Å². The van der Waals surface area contributed by atoms with Gasteiger partial charge in [0.1, 0.15) is 5.82 Å². The molecule has 34 heavy (non-hydrogen) atoms. The second kappa shape index (κ2) is 8.88. The lowest BCUT2D eigenvalue weighted by Crippen LogP contribution is -2.43. The third-order valence-electron chi connectivity index (χ3n) is 5.51. The third-order valence-corrected chi connectivity index (χ3v) is 6.06. The molecule has 3 heterocycles. The molecule has 0 spiro atoms. The van der Waals surface area contributed by atoms with Crippen LogP contribution in [-0.2, 0) is 20.9 Å². The van der Waals surface area contributed by atoms with Crippen molar-refractivity contribution < 1.29 is 22.2 Å². The summed E-state index contributed by atoms with van der Waals surface area (Å²) in [6.45, 7) is 3.94. The predicted octanol–water partition coefficient (Wildman–Crippen LogP) is 2.12. The molecule has 0 saturated heterocycles. The van der Waals surface area contributed by atoms with Crippen molar-refractivity contribution in [2.24, 2.45) is 0 Å². The van der Waals surface area contributed by atoms with Gasteiger partial charge in [-0.05, 0) is 49.2 Å². The molecule has 1 atom stereocenters. The van der Waals surface area contributed by atoms with Gasteiger partial charge in [-0.3, -0.25) is 18.5 Å². The average Bonchev–Trinajstić information content (AvgIpc) is 3.20. The van der Waals surface area contributed by atoms with Crippen LogP contribution in [0.4, 0.5) is 17.2 Å². The number of aryl methyl sites for hydroxylation is 1. The van der Waals surface area contributed by atoms with Crippen molar-refractivity contribution in [3.05, 3.63) is 65.1 Å². The molecule has 1 aliphatic rings. The number of nitrogens with two attached hydrogens (primary N) is 1. The number of carbonyl (C=O) groups is 2. The van der Waals surface area contributed by atoms with Gasteiger partial charge in [-0.15, -0.1) is 0 Å². The maximum Gasteiger partial charge on any atom is 0.278 e. The first-order chi connectivity index (χ1) is 16.0. The molecule has 11 nitrogen and oxygen atoms in total. The molecule has 2 aromatic heterocycles. The number of amides is 2. The van der Waals surface area contributed by atoms with Gasteiger partial charge >= 0.3 is 0 Å². The lowest BCUT2D eigenvalue weighted by molar-refractivity contribution is 0.0954. The van der Waals surface area contributed by atoms with E-state index in [-0.39, 0.29) is 41.3 Å². The number of nitrogens with zero attached hydrogens (tertiary/aromatic N) is 4. The second-order valence-corrected chi connectivity index (χ2v) is 9.73. The summed E-state index contributed by atoms with van der Waals surface area (Å²) in [5.41, 5.74) is 8.51. The van der Waals surface area contributed by atoms with E-state index in [9.17, 15) is 18.0 Å². The fourth-order valence-electron chi connectivity index (χ4n) is 3.73. The SMILES string of the molecule is Cc1ccc(N2C[C@H](C)n3ncc(NC(=O)c4cccnc4N)c3C2=O)cc1COS(C)(=O)=O. The zero-order valence-corrected chi connectivity index (χ0v) is 19.7. The number of nitrogen functional groups attached to an aromatic ring is 1. The van der Waals surface area contributed by atoms with E-state index >= 15 is 0 Å². The minimum Gasteiger partial charge on any atom is -0.383 e. The molecule has 0 saturated carbocycles. The number of anilines is 3. The standard InChI is InChI=1S/C22H24N6O5S/c1-13-6-7-16(9-15(13)12-33-34(3,31)32)27-11-14(2)28-19(22(27)30)18(10-25-28)26-21(29)17-5-4-8-24-20(17)23/h4-10,14H,11-12H2,1-3H3,(H2,23,24)(H,26,29)/t14-/m0/s1. The topological polar surface area (TPSA) is 150 Å². The third kappa shape index (κ3) is 4.63. The van der Waals surface area contributed by atoms with E-state index in [0.717, 1.165) is 11.8 Å². The number of aromatic nitrogens is 3. The van der Waals surface area contributed by atoms with Gasteiger partial charge in [0.15, 0.2) is 5.69 Å². The summed E-state index contributed by atoms with van der Waals surface area (Å²) in [6.07, 6.45) is 3.89. The van der Waals surface area contributed by atoms with Crippen molar-refractivity contribution in [1.29, 1.82) is 0 Å². The van der Waals surface area contributed by atoms with Gasteiger partial charge < -0.3 is 16.0 Å². The molecular weight excluding hydrogens is 460 g/mol. The lowest BCUT2D eigenvalue weighted by atomic mass is 10.1. The molecule has 0 aliphatic carbocycles.